The van der Waals surface area contributed by atoms with Gasteiger partial charge in [-0.25, -0.2) is 4.79 Å². The molecular formula is C18H17Cl2NO3S. The molecule has 132 valence electrons. The fourth-order valence-corrected chi connectivity index (χ4v) is 4.66. The molecule has 0 radical (unpaired) electrons. The molecule has 0 bridgehead atoms. The number of halogens is 2. The molecule has 4 nitrogen and oxygen atoms in total. The van der Waals surface area contributed by atoms with Crippen molar-refractivity contribution < 1.29 is 14.3 Å². The average molecular weight is 398 g/mol. The Morgan fingerprint density at radius 2 is 2.04 bits per heavy atom. The van der Waals surface area contributed by atoms with E-state index in [-0.39, 0.29) is 5.91 Å². The maximum absolute atomic E-state index is 12.6. The Kier molecular flexibility index (Phi) is 5.37. The number of fused-ring (bicyclic) bond motifs is 1. The number of benzene rings is 1. The van der Waals surface area contributed by atoms with E-state index in [2.05, 4.69) is 12.2 Å². The van der Waals surface area contributed by atoms with Gasteiger partial charge in [0.2, 0.25) is 0 Å². The van der Waals surface area contributed by atoms with E-state index in [4.69, 9.17) is 27.9 Å². The topological polar surface area (TPSA) is 55.4 Å². The minimum Gasteiger partial charge on any atom is -0.465 e. The lowest BCUT2D eigenvalue weighted by Gasteiger charge is -2.18. The quantitative estimate of drug-likeness (QED) is 0.722. The molecule has 0 spiro atoms. The first kappa shape index (κ1) is 18.2. The molecule has 1 atom stereocenters. The number of nitrogens with one attached hydrogen (secondary N) is 1. The third kappa shape index (κ3) is 3.68. The molecule has 1 unspecified atom stereocenters. The molecule has 2 aromatic rings. The third-order valence-corrected chi connectivity index (χ3v) is 6.22. The summed E-state index contributed by atoms with van der Waals surface area (Å²) in [4.78, 5) is 26.0. The van der Waals surface area contributed by atoms with Crippen LogP contribution < -0.4 is 5.32 Å². The second-order valence-electron chi connectivity index (χ2n) is 6.13. The monoisotopic (exact) mass is 397 g/mol. The molecule has 1 N–H and O–H groups in total. The maximum atomic E-state index is 12.6. The van der Waals surface area contributed by atoms with Gasteiger partial charge in [-0.15, -0.1) is 11.3 Å². The Morgan fingerprint density at radius 1 is 1.28 bits per heavy atom. The number of anilines is 1. The highest BCUT2D eigenvalue weighted by Crippen LogP contribution is 2.40. The van der Waals surface area contributed by atoms with E-state index in [0.717, 1.165) is 29.7 Å². The van der Waals surface area contributed by atoms with Crippen molar-refractivity contribution in [2.24, 2.45) is 5.92 Å². The van der Waals surface area contributed by atoms with Crippen LogP contribution in [0.2, 0.25) is 10.0 Å². The van der Waals surface area contributed by atoms with Crippen LogP contribution in [0.25, 0.3) is 0 Å². The first-order valence-corrected chi connectivity index (χ1v) is 9.47. The van der Waals surface area contributed by atoms with Gasteiger partial charge in [0.15, 0.2) is 0 Å². The number of carbonyl (C=O) groups is 2. The van der Waals surface area contributed by atoms with E-state index in [1.807, 2.05) is 0 Å². The van der Waals surface area contributed by atoms with Gasteiger partial charge in [0.05, 0.1) is 22.7 Å². The molecule has 0 fully saturated rings. The van der Waals surface area contributed by atoms with E-state index in [0.29, 0.717) is 32.1 Å². The fourth-order valence-electron chi connectivity index (χ4n) is 2.97. The number of ether oxygens (including phenoxy) is 1. The van der Waals surface area contributed by atoms with Crippen molar-refractivity contribution in [3.05, 3.63) is 49.8 Å². The molecule has 25 heavy (non-hydrogen) atoms. The zero-order valence-corrected chi connectivity index (χ0v) is 16.1. The second-order valence-corrected chi connectivity index (χ2v) is 8.05. The summed E-state index contributed by atoms with van der Waals surface area (Å²) in [6, 6.07) is 4.67. The number of hydrogen-bond acceptors (Lipinski definition) is 4. The van der Waals surface area contributed by atoms with Crippen LogP contribution in [0.15, 0.2) is 18.2 Å². The third-order valence-electron chi connectivity index (χ3n) is 4.31. The number of rotatable bonds is 3. The summed E-state index contributed by atoms with van der Waals surface area (Å²) >= 11 is 13.3. The standard InChI is InChI=1S/C18H17Cl2NO3S/c1-9-3-5-11-14(7-9)25-17(15(11)18(23)24-2)21-16(22)10-4-6-12(19)13(20)8-10/h4,6,8-9H,3,5,7H2,1-2H3,(H,21,22). The van der Waals surface area contributed by atoms with Crippen molar-refractivity contribution in [3.8, 4) is 0 Å². The van der Waals surface area contributed by atoms with Gasteiger partial charge in [-0.1, -0.05) is 30.1 Å². The van der Waals surface area contributed by atoms with Crippen LogP contribution in [0.3, 0.4) is 0 Å². The van der Waals surface area contributed by atoms with E-state index >= 15 is 0 Å². The van der Waals surface area contributed by atoms with Crippen LogP contribution in [-0.2, 0) is 17.6 Å². The highest BCUT2D eigenvalue weighted by atomic mass is 35.5. The summed E-state index contributed by atoms with van der Waals surface area (Å²) < 4.78 is 4.93. The summed E-state index contributed by atoms with van der Waals surface area (Å²) in [6.45, 7) is 2.19. The number of methoxy groups -OCH3 is 1. The lowest BCUT2D eigenvalue weighted by molar-refractivity contribution is 0.0601. The summed E-state index contributed by atoms with van der Waals surface area (Å²) in [5, 5.41) is 4.06. The van der Waals surface area contributed by atoms with Gasteiger partial charge >= 0.3 is 5.97 Å². The molecular weight excluding hydrogens is 381 g/mol. The van der Waals surface area contributed by atoms with Crippen molar-refractivity contribution in [1.29, 1.82) is 0 Å². The fraction of sp³-hybridized carbons (Fsp3) is 0.333. The zero-order chi connectivity index (χ0) is 18.1. The van der Waals surface area contributed by atoms with Crippen LogP contribution in [-0.4, -0.2) is 19.0 Å². The Morgan fingerprint density at radius 3 is 2.72 bits per heavy atom. The van der Waals surface area contributed by atoms with Crippen molar-refractivity contribution in [2.75, 3.05) is 12.4 Å². The zero-order valence-electron chi connectivity index (χ0n) is 13.8. The second kappa shape index (κ2) is 7.36. The maximum Gasteiger partial charge on any atom is 0.341 e. The molecule has 1 aliphatic carbocycles. The molecule has 7 heteroatoms. The average Bonchev–Trinajstić information content (AvgIpc) is 2.93. The van der Waals surface area contributed by atoms with E-state index in [1.165, 1.54) is 24.5 Å². The Hall–Kier alpha value is -1.56. The van der Waals surface area contributed by atoms with E-state index in [9.17, 15) is 9.59 Å². The van der Waals surface area contributed by atoms with E-state index < -0.39 is 5.97 Å². The van der Waals surface area contributed by atoms with Crippen LogP contribution >= 0.6 is 34.5 Å². The molecule has 0 saturated carbocycles. The lowest BCUT2D eigenvalue weighted by Crippen LogP contribution is -2.16. The highest BCUT2D eigenvalue weighted by Gasteiger charge is 2.29. The summed E-state index contributed by atoms with van der Waals surface area (Å²) in [5.41, 5.74) is 1.85. The molecule has 0 saturated heterocycles. The van der Waals surface area contributed by atoms with Gasteiger partial charge < -0.3 is 10.1 Å². The van der Waals surface area contributed by atoms with E-state index in [1.54, 1.807) is 12.1 Å². The van der Waals surface area contributed by atoms with Crippen molar-refractivity contribution in [2.45, 2.75) is 26.2 Å². The molecule has 1 aromatic carbocycles. The van der Waals surface area contributed by atoms with Crippen molar-refractivity contribution in [3.63, 3.8) is 0 Å². The van der Waals surface area contributed by atoms with Gasteiger partial charge in [-0.2, -0.15) is 0 Å². The molecule has 1 heterocycles. The van der Waals surface area contributed by atoms with Gasteiger partial charge in [-0.05, 0) is 48.9 Å². The Labute approximate surface area is 160 Å². The largest absolute Gasteiger partial charge is 0.465 e. The highest BCUT2D eigenvalue weighted by molar-refractivity contribution is 7.17. The smallest absolute Gasteiger partial charge is 0.341 e. The predicted octanol–water partition coefficient (Wildman–Crippen LogP) is 5.22. The van der Waals surface area contributed by atoms with Gasteiger partial charge in [0, 0.05) is 10.4 Å². The Balaban J connectivity index is 1.95. The number of hydrogen-bond donors (Lipinski definition) is 1. The van der Waals surface area contributed by atoms with Crippen LogP contribution in [0.5, 0.6) is 0 Å². The molecule has 1 aromatic heterocycles. The number of amides is 1. The molecule has 0 aliphatic heterocycles. The van der Waals surface area contributed by atoms with Crippen molar-refractivity contribution >= 4 is 51.4 Å². The first-order chi connectivity index (χ1) is 11.9. The number of thiophene rings is 1. The van der Waals surface area contributed by atoms with Gasteiger partial charge in [-0.3, -0.25) is 4.79 Å². The summed E-state index contributed by atoms with van der Waals surface area (Å²) in [5.74, 6) is -0.192. The summed E-state index contributed by atoms with van der Waals surface area (Å²) in [7, 11) is 1.35. The summed E-state index contributed by atoms with van der Waals surface area (Å²) in [6.07, 6.45) is 2.75. The van der Waals surface area contributed by atoms with Crippen molar-refractivity contribution in [1.82, 2.24) is 0 Å². The Bertz CT molecular complexity index is 847. The number of esters is 1. The number of carbonyl (C=O) groups excluding carboxylic acids is 2. The van der Waals surface area contributed by atoms with Crippen LogP contribution in [0.4, 0.5) is 5.00 Å². The van der Waals surface area contributed by atoms with Crippen LogP contribution in [0.1, 0.15) is 44.5 Å². The SMILES string of the molecule is COC(=O)c1c(NC(=O)c2ccc(Cl)c(Cl)c2)sc2c1CCC(C)C2. The normalized spacial score (nSPS) is 16.2. The first-order valence-electron chi connectivity index (χ1n) is 7.90. The van der Waals surface area contributed by atoms with Gasteiger partial charge in [0.25, 0.3) is 5.91 Å². The minimum atomic E-state index is -0.420. The molecule has 1 aliphatic rings. The lowest BCUT2D eigenvalue weighted by atomic mass is 9.88. The molecule has 1 amide bonds. The predicted molar refractivity (Wildman–Crippen MR) is 101 cm³/mol. The van der Waals surface area contributed by atoms with Gasteiger partial charge in [0.1, 0.15) is 5.00 Å². The van der Waals surface area contributed by atoms with Crippen LogP contribution in [0, 0.1) is 5.92 Å². The minimum absolute atomic E-state index is 0.307. The molecule has 3 rings (SSSR count).